The monoisotopic (exact) mass is 399 g/mol. The first-order chi connectivity index (χ1) is 12.2. The van der Waals surface area contributed by atoms with Crippen LogP contribution in [0.5, 0.6) is 0 Å². The molecule has 2 atom stereocenters. The molecule has 0 aromatic heterocycles. The number of sulfone groups is 1. The quantitative estimate of drug-likeness (QED) is 0.543. The third-order valence-electron chi connectivity index (χ3n) is 3.77. The van der Waals surface area contributed by atoms with E-state index in [2.05, 4.69) is 5.32 Å². The summed E-state index contributed by atoms with van der Waals surface area (Å²) in [5, 5.41) is 2.60. The minimum absolute atomic E-state index is 0.0163. The van der Waals surface area contributed by atoms with Crippen molar-refractivity contribution in [3.8, 4) is 0 Å². The summed E-state index contributed by atoms with van der Waals surface area (Å²) in [6, 6.07) is 6.24. The van der Waals surface area contributed by atoms with Crippen LogP contribution < -0.4 is 5.32 Å². The summed E-state index contributed by atoms with van der Waals surface area (Å²) >= 11 is 1.23. The summed E-state index contributed by atoms with van der Waals surface area (Å²) in [6.45, 7) is 2.89. The Morgan fingerprint density at radius 1 is 1.31 bits per heavy atom. The van der Waals surface area contributed by atoms with Crippen molar-refractivity contribution in [2.45, 2.75) is 37.3 Å². The zero-order valence-corrected chi connectivity index (χ0v) is 16.2. The van der Waals surface area contributed by atoms with Crippen molar-refractivity contribution >= 4 is 39.3 Å². The first kappa shape index (κ1) is 20.4. The number of rotatable bonds is 7. The van der Waals surface area contributed by atoms with Gasteiger partial charge in [-0.1, -0.05) is 12.1 Å². The van der Waals surface area contributed by atoms with Crippen LogP contribution in [0.25, 0.3) is 0 Å². The second kappa shape index (κ2) is 8.68. The molecule has 0 radical (unpaired) electrons. The van der Waals surface area contributed by atoms with Crippen molar-refractivity contribution in [2.24, 2.45) is 0 Å². The predicted molar refractivity (Wildman–Crippen MR) is 97.9 cm³/mol. The van der Waals surface area contributed by atoms with Gasteiger partial charge in [0.15, 0.2) is 15.9 Å². The molecule has 1 aliphatic heterocycles. The zero-order chi connectivity index (χ0) is 19.3. The third kappa shape index (κ3) is 5.84. The highest BCUT2D eigenvalue weighted by Crippen LogP contribution is 2.23. The number of ether oxygens (including phenoxy) is 1. The van der Waals surface area contributed by atoms with Crippen LogP contribution in [0.15, 0.2) is 29.2 Å². The highest BCUT2D eigenvalue weighted by atomic mass is 32.2. The van der Waals surface area contributed by atoms with E-state index in [9.17, 15) is 22.8 Å². The van der Waals surface area contributed by atoms with E-state index in [1.54, 1.807) is 24.3 Å². The normalized spacial score (nSPS) is 19.5. The molecule has 1 saturated heterocycles. The molecule has 9 heteroatoms. The van der Waals surface area contributed by atoms with Gasteiger partial charge in [-0.25, -0.2) is 13.2 Å². The first-order valence-corrected chi connectivity index (χ1v) is 10.9. The molecule has 1 aromatic rings. The number of carbonyl (C=O) groups excluding carboxylic acids is 3. The third-order valence-corrected chi connectivity index (χ3v) is 6.76. The maximum atomic E-state index is 12.4. The summed E-state index contributed by atoms with van der Waals surface area (Å²) in [6.07, 6.45) is -0.698. The summed E-state index contributed by atoms with van der Waals surface area (Å²) < 4.78 is 28.1. The zero-order valence-electron chi connectivity index (χ0n) is 14.6. The van der Waals surface area contributed by atoms with Gasteiger partial charge in [-0.2, -0.15) is 0 Å². The van der Waals surface area contributed by atoms with Gasteiger partial charge in [-0.15, -0.1) is 11.8 Å². The van der Waals surface area contributed by atoms with Crippen LogP contribution in [0.4, 0.5) is 0 Å². The number of thioether (sulfide) groups is 1. The number of benzene rings is 1. The lowest BCUT2D eigenvalue weighted by atomic mass is 10.2. The van der Waals surface area contributed by atoms with E-state index in [0.717, 1.165) is 0 Å². The average Bonchev–Trinajstić information content (AvgIpc) is 2.91. The smallest absolute Gasteiger partial charge is 0.340 e. The van der Waals surface area contributed by atoms with Gasteiger partial charge >= 0.3 is 5.97 Å². The van der Waals surface area contributed by atoms with Gasteiger partial charge in [-0.05, 0) is 32.4 Å². The Labute approximate surface area is 156 Å². The molecule has 1 amide bonds. The standard InChI is InChI=1S/C17H21NO6S2/c1-11(19)9-25-15-6-4-3-5-14(15)17(21)24-12(2)16(20)18-13-7-8-26(22,23)10-13/h3-6,12-13H,7-10H2,1-2H3,(H,18,20)/t12-,13-/m0/s1. The molecule has 7 nitrogen and oxygen atoms in total. The number of esters is 1. The Bertz CT molecular complexity index is 805. The van der Waals surface area contributed by atoms with E-state index in [1.165, 1.54) is 25.6 Å². The maximum absolute atomic E-state index is 12.4. The molecule has 26 heavy (non-hydrogen) atoms. The van der Waals surface area contributed by atoms with Gasteiger partial charge < -0.3 is 10.1 Å². The number of carbonyl (C=O) groups is 3. The van der Waals surface area contributed by atoms with Crippen LogP contribution >= 0.6 is 11.8 Å². The minimum atomic E-state index is -3.10. The summed E-state index contributed by atoms with van der Waals surface area (Å²) in [5.74, 6) is -1.03. The van der Waals surface area contributed by atoms with E-state index in [-0.39, 0.29) is 28.6 Å². The van der Waals surface area contributed by atoms with Crippen LogP contribution in [0.3, 0.4) is 0 Å². The SMILES string of the molecule is CC(=O)CSc1ccccc1C(=O)O[C@@H](C)C(=O)N[C@H]1CCS(=O)(=O)C1. The highest BCUT2D eigenvalue weighted by molar-refractivity contribution is 8.00. The lowest BCUT2D eigenvalue weighted by molar-refractivity contribution is -0.129. The average molecular weight is 399 g/mol. The molecule has 1 N–H and O–H groups in total. The van der Waals surface area contributed by atoms with E-state index >= 15 is 0 Å². The molecule has 142 valence electrons. The van der Waals surface area contributed by atoms with E-state index < -0.39 is 33.9 Å². The summed E-state index contributed by atoms with van der Waals surface area (Å²) in [7, 11) is -3.10. The van der Waals surface area contributed by atoms with Crippen molar-refractivity contribution < 1.29 is 27.5 Å². The van der Waals surface area contributed by atoms with E-state index in [1.807, 2.05) is 0 Å². The van der Waals surface area contributed by atoms with Gasteiger partial charge in [-0.3, -0.25) is 9.59 Å². The molecule has 2 rings (SSSR count). The van der Waals surface area contributed by atoms with Crippen LogP contribution in [-0.2, 0) is 24.2 Å². The molecule has 0 aliphatic carbocycles. The molecule has 1 aliphatic rings. The molecule has 1 aromatic carbocycles. The van der Waals surface area contributed by atoms with E-state index in [0.29, 0.717) is 11.3 Å². The van der Waals surface area contributed by atoms with Gasteiger partial charge in [0.05, 0.1) is 22.8 Å². The molecule has 0 unspecified atom stereocenters. The largest absolute Gasteiger partial charge is 0.449 e. The van der Waals surface area contributed by atoms with Gasteiger partial charge in [0.25, 0.3) is 5.91 Å². The fraction of sp³-hybridized carbons (Fsp3) is 0.471. The first-order valence-electron chi connectivity index (χ1n) is 8.11. The number of ketones is 1. The second-order valence-electron chi connectivity index (χ2n) is 6.14. The fourth-order valence-electron chi connectivity index (χ4n) is 2.45. The van der Waals surface area contributed by atoms with Crippen molar-refractivity contribution in [2.75, 3.05) is 17.3 Å². The molecule has 1 fully saturated rings. The van der Waals surface area contributed by atoms with Gasteiger partial charge in [0.2, 0.25) is 0 Å². The fourth-order valence-corrected chi connectivity index (χ4v) is 4.96. The number of hydrogen-bond acceptors (Lipinski definition) is 7. The van der Waals surface area contributed by atoms with Gasteiger partial charge in [0.1, 0.15) is 5.78 Å². The van der Waals surface area contributed by atoms with Crippen LogP contribution in [-0.4, -0.2) is 55.5 Å². The van der Waals surface area contributed by atoms with Crippen LogP contribution in [0.1, 0.15) is 30.6 Å². The minimum Gasteiger partial charge on any atom is -0.449 e. The molecular weight excluding hydrogens is 378 g/mol. The Morgan fingerprint density at radius 2 is 2.00 bits per heavy atom. The summed E-state index contributed by atoms with van der Waals surface area (Å²) in [4.78, 5) is 36.3. The van der Waals surface area contributed by atoms with Crippen molar-refractivity contribution in [3.05, 3.63) is 29.8 Å². The molecule has 0 spiro atoms. The topological polar surface area (TPSA) is 107 Å². The Hall–Kier alpha value is -1.87. The number of amides is 1. The van der Waals surface area contributed by atoms with Crippen molar-refractivity contribution in [1.82, 2.24) is 5.32 Å². The van der Waals surface area contributed by atoms with Crippen LogP contribution in [0.2, 0.25) is 0 Å². The lowest BCUT2D eigenvalue weighted by Crippen LogP contribution is -2.42. The second-order valence-corrected chi connectivity index (χ2v) is 9.39. The Balaban J connectivity index is 1.96. The van der Waals surface area contributed by atoms with Crippen LogP contribution in [0, 0.1) is 0 Å². The molecule has 0 saturated carbocycles. The van der Waals surface area contributed by atoms with E-state index in [4.69, 9.17) is 4.74 Å². The molecule has 1 heterocycles. The van der Waals surface area contributed by atoms with Gasteiger partial charge in [0, 0.05) is 10.9 Å². The molecule has 0 bridgehead atoms. The number of hydrogen-bond donors (Lipinski definition) is 1. The predicted octanol–water partition coefficient (Wildman–Crippen LogP) is 1.22. The lowest BCUT2D eigenvalue weighted by Gasteiger charge is -2.17. The highest BCUT2D eigenvalue weighted by Gasteiger charge is 2.31. The van der Waals surface area contributed by atoms with Crippen molar-refractivity contribution in [3.63, 3.8) is 0 Å². The molecular formula is C17H21NO6S2. The number of nitrogens with one attached hydrogen (secondary N) is 1. The van der Waals surface area contributed by atoms with Crippen molar-refractivity contribution in [1.29, 1.82) is 0 Å². The Morgan fingerprint density at radius 3 is 2.62 bits per heavy atom. The number of Topliss-reactive ketones (excluding diaryl/α,β-unsaturated/α-hetero) is 1. The Kier molecular flexibility index (Phi) is 6.82. The maximum Gasteiger partial charge on any atom is 0.340 e. The summed E-state index contributed by atoms with van der Waals surface area (Å²) in [5.41, 5.74) is 0.279.